The molecule has 0 N–H and O–H groups in total. The number of nitrogens with zero attached hydrogens (tertiary/aromatic N) is 2. The van der Waals surface area contributed by atoms with E-state index < -0.39 is 14.9 Å². The standard InChI is InChI=1S/C18H14Cl2N2O5S/c19-17-8-7-16(10-18(17)20)28(25,26)21(12-15-2-1-9-27-15)11-13-3-5-14(6-4-13)22(23)24/h1-10H,11-12H2. The first-order valence-corrected chi connectivity index (χ1v) is 10.2. The highest BCUT2D eigenvalue weighted by Crippen LogP contribution is 2.28. The molecular weight excluding hydrogens is 427 g/mol. The van der Waals surface area contributed by atoms with E-state index in [0.29, 0.717) is 11.3 Å². The van der Waals surface area contributed by atoms with Crippen LogP contribution in [0.5, 0.6) is 0 Å². The van der Waals surface area contributed by atoms with Crippen LogP contribution in [0.2, 0.25) is 10.0 Å². The number of benzene rings is 2. The van der Waals surface area contributed by atoms with Crippen LogP contribution in [0.4, 0.5) is 5.69 Å². The fraction of sp³-hybridized carbons (Fsp3) is 0.111. The van der Waals surface area contributed by atoms with Gasteiger partial charge in [0.1, 0.15) is 5.76 Å². The molecule has 28 heavy (non-hydrogen) atoms. The molecule has 0 aliphatic rings. The fourth-order valence-electron chi connectivity index (χ4n) is 2.52. The monoisotopic (exact) mass is 440 g/mol. The Hall–Kier alpha value is -2.39. The summed E-state index contributed by atoms with van der Waals surface area (Å²) in [5.74, 6) is 0.450. The van der Waals surface area contributed by atoms with E-state index in [1.165, 1.54) is 53.0 Å². The number of rotatable bonds is 7. The summed E-state index contributed by atoms with van der Waals surface area (Å²) in [6, 6.07) is 13.1. The van der Waals surface area contributed by atoms with Gasteiger partial charge in [0.05, 0.1) is 32.7 Å². The summed E-state index contributed by atoms with van der Waals surface area (Å²) in [5, 5.41) is 11.2. The third-order valence-corrected chi connectivity index (χ3v) is 6.47. The molecular formula is C18H14Cl2N2O5S. The molecule has 0 fully saturated rings. The predicted molar refractivity (Wildman–Crippen MR) is 105 cm³/mol. The van der Waals surface area contributed by atoms with Crippen molar-refractivity contribution in [2.24, 2.45) is 0 Å². The lowest BCUT2D eigenvalue weighted by Gasteiger charge is -2.21. The van der Waals surface area contributed by atoms with Gasteiger partial charge in [0, 0.05) is 18.7 Å². The smallest absolute Gasteiger partial charge is 0.269 e. The Morgan fingerprint density at radius 3 is 2.29 bits per heavy atom. The summed E-state index contributed by atoms with van der Waals surface area (Å²) in [6.07, 6.45) is 1.45. The zero-order valence-corrected chi connectivity index (χ0v) is 16.6. The van der Waals surface area contributed by atoms with E-state index in [2.05, 4.69) is 0 Å². The van der Waals surface area contributed by atoms with Gasteiger partial charge in [0.2, 0.25) is 10.0 Å². The first-order valence-electron chi connectivity index (χ1n) is 7.98. The minimum atomic E-state index is -3.94. The lowest BCUT2D eigenvalue weighted by Crippen LogP contribution is -2.30. The first-order chi connectivity index (χ1) is 13.3. The van der Waals surface area contributed by atoms with Crippen LogP contribution < -0.4 is 0 Å². The fourth-order valence-corrected chi connectivity index (χ4v) is 4.30. The molecule has 0 bridgehead atoms. The summed E-state index contributed by atoms with van der Waals surface area (Å²) in [5.41, 5.74) is 0.509. The van der Waals surface area contributed by atoms with Gasteiger partial charge in [-0.2, -0.15) is 4.31 Å². The quantitative estimate of drug-likeness (QED) is 0.385. The van der Waals surface area contributed by atoms with Crippen LogP contribution in [0.1, 0.15) is 11.3 Å². The van der Waals surface area contributed by atoms with Crippen molar-refractivity contribution < 1.29 is 17.8 Å². The average Bonchev–Trinajstić information content (AvgIpc) is 3.17. The maximum Gasteiger partial charge on any atom is 0.269 e. The van der Waals surface area contributed by atoms with E-state index in [-0.39, 0.29) is 33.7 Å². The second-order valence-electron chi connectivity index (χ2n) is 5.85. The van der Waals surface area contributed by atoms with Crippen LogP contribution in [0.25, 0.3) is 0 Å². The normalized spacial score (nSPS) is 11.7. The van der Waals surface area contributed by atoms with Gasteiger partial charge < -0.3 is 4.42 Å². The minimum absolute atomic E-state index is 0.0126. The highest BCUT2D eigenvalue weighted by Gasteiger charge is 2.26. The van der Waals surface area contributed by atoms with Gasteiger partial charge in [-0.25, -0.2) is 8.42 Å². The largest absolute Gasteiger partial charge is 0.468 e. The van der Waals surface area contributed by atoms with Crippen LogP contribution in [-0.2, 0) is 23.1 Å². The summed E-state index contributed by atoms with van der Waals surface area (Å²) >= 11 is 11.9. The van der Waals surface area contributed by atoms with Crippen molar-refractivity contribution in [1.29, 1.82) is 0 Å². The number of nitro groups is 1. The summed E-state index contributed by atoms with van der Waals surface area (Å²) < 4.78 is 32.8. The Morgan fingerprint density at radius 2 is 1.71 bits per heavy atom. The van der Waals surface area contributed by atoms with E-state index in [0.717, 1.165) is 0 Å². The van der Waals surface area contributed by atoms with Crippen LogP contribution in [0, 0.1) is 10.1 Å². The second kappa shape index (κ2) is 8.32. The molecule has 0 spiro atoms. The Kier molecular flexibility index (Phi) is 6.04. The maximum atomic E-state index is 13.2. The van der Waals surface area contributed by atoms with Crippen molar-refractivity contribution in [3.63, 3.8) is 0 Å². The molecule has 0 saturated carbocycles. The summed E-state index contributed by atoms with van der Waals surface area (Å²) in [4.78, 5) is 10.3. The van der Waals surface area contributed by atoms with Gasteiger partial charge >= 0.3 is 0 Å². The zero-order valence-electron chi connectivity index (χ0n) is 14.3. The Morgan fingerprint density at radius 1 is 1.00 bits per heavy atom. The molecule has 2 aromatic carbocycles. The van der Waals surface area contributed by atoms with Gasteiger partial charge in [0.25, 0.3) is 5.69 Å². The molecule has 3 aromatic rings. The van der Waals surface area contributed by atoms with Gasteiger partial charge in [0.15, 0.2) is 0 Å². The molecule has 7 nitrogen and oxygen atoms in total. The molecule has 0 unspecified atom stereocenters. The number of hydrogen-bond donors (Lipinski definition) is 0. The maximum absolute atomic E-state index is 13.2. The molecule has 146 valence electrons. The molecule has 0 aliphatic carbocycles. The van der Waals surface area contributed by atoms with E-state index in [4.69, 9.17) is 27.6 Å². The van der Waals surface area contributed by atoms with Crippen molar-refractivity contribution in [2.45, 2.75) is 18.0 Å². The molecule has 0 atom stereocenters. The van der Waals surface area contributed by atoms with E-state index in [1.54, 1.807) is 12.1 Å². The molecule has 3 rings (SSSR count). The molecule has 10 heteroatoms. The third kappa shape index (κ3) is 4.53. The van der Waals surface area contributed by atoms with Gasteiger partial charge in [-0.1, -0.05) is 35.3 Å². The number of non-ortho nitro benzene ring substituents is 1. The average molecular weight is 441 g/mol. The van der Waals surface area contributed by atoms with Crippen molar-refractivity contribution in [2.75, 3.05) is 0 Å². The molecule has 0 aliphatic heterocycles. The molecule has 0 saturated heterocycles. The van der Waals surface area contributed by atoms with E-state index >= 15 is 0 Å². The van der Waals surface area contributed by atoms with Crippen LogP contribution in [-0.4, -0.2) is 17.6 Å². The van der Waals surface area contributed by atoms with Crippen molar-refractivity contribution >= 4 is 38.9 Å². The minimum Gasteiger partial charge on any atom is -0.468 e. The Balaban J connectivity index is 1.95. The van der Waals surface area contributed by atoms with E-state index in [1.807, 2.05) is 0 Å². The number of sulfonamides is 1. The van der Waals surface area contributed by atoms with Crippen molar-refractivity contribution in [3.8, 4) is 0 Å². The molecule has 1 aromatic heterocycles. The van der Waals surface area contributed by atoms with Crippen molar-refractivity contribution in [3.05, 3.63) is 92.3 Å². The van der Waals surface area contributed by atoms with Crippen LogP contribution in [0.15, 0.2) is 70.2 Å². The molecule has 1 heterocycles. The predicted octanol–water partition coefficient (Wildman–Crippen LogP) is 4.89. The van der Waals surface area contributed by atoms with Gasteiger partial charge in [-0.15, -0.1) is 0 Å². The van der Waals surface area contributed by atoms with Crippen LogP contribution in [0.3, 0.4) is 0 Å². The third-order valence-electron chi connectivity index (χ3n) is 3.95. The number of nitro benzene ring substituents is 1. The zero-order chi connectivity index (χ0) is 20.3. The number of hydrogen-bond acceptors (Lipinski definition) is 5. The topological polar surface area (TPSA) is 93.7 Å². The van der Waals surface area contributed by atoms with Crippen molar-refractivity contribution in [1.82, 2.24) is 4.31 Å². The lowest BCUT2D eigenvalue weighted by molar-refractivity contribution is -0.384. The molecule has 0 amide bonds. The number of halogens is 2. The Labute approximate surface area is 171 Å². The second-order valence-corrected chi connectivity index (χ2v) is 8.60. The van der Waals surface area contributed by atoms with Crippen LogP contribution >= 0.6 is 23.2 Å². The lowest BCUT2D eigenvalue weighted by atomic mass is 10.2. The van der Waals surface area contributed by atoms with Gasteiger partial charge in [-0.3, -0.25) is 10.1 Å². The summed E-state index contributed by atoms with van der Waals surface area (Å²) in [7, 11) is -3.94. The van der Waals surface area contributed by atoms with Gasteiger partial charge in [-0.05, 0) is 35.9 Å². The Bertz CT molecular complexity index is 1080. The molecule has 0 radical (unpaired) electrons. The highest BCUT2D eigenvalue weighted by molar-refractivity contribution is 7.89. The van der Waals surface area contributed by atoms with E-state index in [9.17, 15) is 18.5 Å². The SMILES string of the molecule is O=[N+]([O-])c1ccc(CN(Cc2ccco2)S(=O)(=O)c2ccc(Cl)c(Cl)c2)cc1. The highest BCUT2D eigenvalue weighted by atomic mass is 35.5. The number of furan rings is 1. The first kappa shape index (κ1) is 20.3. The summed E-state index contributed by atoms with van der Waals surface area (Å²) in [6.45, 7) is -0.0339.